The van der Waals surface area contributed by atoms with Crippen LogP contribution in [0.1, 0.15) is 39.2 Å². The number of nitro groups is 1. The lowest BCUT2D eigenvalue weighted by atomic mass is 9.90. The maximum Gasteiger partial charge on any atom is 0.410 e. The van der Waals surface area contributed by atoms with Crippen LogP contribution in [0.4, 0.5) is 10.5 Å². The Hall–Kier alpha value is -2.41. The molecule has 0 radical (unpaired) electrons. The van der Waals surface area contributed by atoms with Crippen LogP contribution >= 0.6 is 0 Å². The highest BCUT2D eigenvalue weighted by Crippen LogP contribution is 2.37. The molecule has 1 fully saturated rings. The molecule has 7 heteroatoms. The van der Waals surface area contributed by atoms with Gasteiger partial charge >= 0.3 is 6.09 Å². The Bertz CT molecular complexity index is 725. The summed E-state index contributed by atoms with van der Waals surface area (Å²) in [6.07, 6.45) is 3.25. The van der Waals surface area contributed by atoms with E-state index in [9.17, 15) is 14.9 Å². The molecule has 3 rings (SSSR count). The highest BCUT2D eigenvalue weighted by molar-refractivity contribution is 5.71. The summed E-state index contributed by atoms with van der Waals surface area (Å²) in [6.45, 7) is 7.21. The monoisotopic (exact) mass is 360 g/mol. The molecule has 2 heterocycles. The lowest BCUT2D eigenvalue weighted by molar-refractivity contribution is -0.384. The van der Waals surface area contributed by atoms with E-state index in [0.717, 1.165) is 11.1 Å². The number of nitrogens with zero attached hydrogens (tertiary/aromatic N) is 2. The molecule has 1 spiro atoms. The predicted octanol–water partition coefficient (Wildman–Crippen LogP) is 3.78. The Morgan fingerprint density at radius 1 is 1.23 bits per heavy atom. The Morgan fingerprint density at radius 2 is 1.85 bits per heavy atom. The van der Waals surface area contributed by atoms with Gasteiger partial charge in [0.1, 0.15) is 5.60 Å². The van der Waals surface area contributed by atoms with Crippen molar-refractivity contribution in [2.24, 2.45) is 0 Å². The van der Waals surface area contributed by atoms with E-state index in [1.807, 2.05) is 20.8 Å². The molecule has 2 aliphatic heterocycles. The van der Waals surface area contributed by atoms with Crippen LogP contribution in [0.25, 0.3) is 5.57 Å². The number of carbonyl (C=O) groups is 1. The van der Waals surface area contributed by atoms with Crippen molar-refractivity contribution in [2.75, 3.05) is 19.7 Å². The standard InChI is InChI=1S/C19H24N2O5/c1-18(2,3)26-17(22)20-10-8-19(9-11-20)12-15(13-25-19)14-4-6-16(7-5-14)21(23)24/h4-7,12H,8-11,13H2,1-3H3. The summed E-state index contributed by atoms with van der Waals surface area (Å²) in [5, 5.41) is 10.8. The summed E-state index contributed by atoms with van der Waals surface area (Å²) in [7, 11) is 0. The van der Waals surface area contributed by atoms with Gasteiger partial charge in [0, 0.05) is 25.2 Å². The summed E-state index contributed by atoms with van der Waals surface area (Å²) in [6, 6.07) is 6.52. The topological polar surface area (TPSA) is 81.9 Å². The van der Waals surface area contributed by atoms with E-state index in [0.29, 0.717) is 32.5 Å². The van der Waals surface area contributed by atoms with Crippen LogP contribution in [0.2, 0.25) is 0 Å². The molecular formula is C19H24N2O5. The summed E-state index contributed by atoms with van der Waals surface area (Å²) in [5.41, 5.74) is 1.18. The van der Waals surface area contributed by atoms with Gasteiger partial charge in [-0.3, -0.25) is 10.1 Å². The molecule has 0 aliphatic carbocycles. The number of hydrogen-bond donors (Lipinski definition) is 0. The summed E-state index contributed by atoms with van der Waals surface area (Å²) < 4.78 is 11.5. The smallest absolute Gasteiger partial charge is 0.410 e. The van der Waals surface area contributed by atoms with Gasteiger partial charge in [-0.2, -0.15) is 0 Å². The van der Waals surface area contributed by atoms with Gasteiger partial charge in [0.05, 0.1) is 17.1 Å². The summed E-state index contributed by atoms with van der Waals surface area (Å²) in [5.74, 6) is 0. The fraction of sp³-hybridized carbons (Fsp3) is 0.526. The van der Waals surface area contributed by atoms with E-state index in [-0.39, 0.29) is 17.4 Å². The molecule has 0 bridgehead atoms. The largest absolute Gasteiger partial charge is 0.444 e. The van der Waals surface area contributed by atoms with Crippen molar-refractivity contribution in [2.45, 2.75) is 44.8 Å². The van der Waals surface area contributed by atoms with Gasteiger partial charge in [-0.05, 0) is 63.0 Å². The molecule has 7 nitrogen and oxygen atoms in total. The number of nitro benzene ring substituents is 1. The van der Waals surface area contributed by atoms with E-state index in [4.69, 9.17) is 9.47 Å². The number of piperidine rings is 1. The fourth-order valence-electron chi connectivity index (χ4n) is 3.27. The Kier molecular flexibility index (Phi) is 4.75. The lowest BCUT2D eigenvalue weighted by Crippen LogP contribution is -2.47. The molecular weight excluding hydrogens is 336 g/mol. The maximum absolute atomic E-state index is 12.2. The van der Waals surface area contributed by atoms with Gasteiger partial charge in [-0.15, -0.1) is 0 Å². The van der Waals surface area contributed by atoms with Gasteiger partial charge in [-0.1, -0.05) is 0 Å². The second-order valence-electron chi connectivity index (χ2n) is 7.79. The zero-order valence-electron chi connectivity index (χ0n) is 15.4. The molecule has 1 amide bonds. The van der Waals surface area contributed by atoms with Gasteiger partial charge in [-0.25, -0.2) is 4.79 Å². The van der Waals surface area contributed by atoms with Gasteiger partial charge < -0.3 is 14.4 Å². The quantitative estimate of drug-likeness (QED) is 0.592. The van der Waals surface area contributed by atoms with Crippen molar-refractivity contribution in [3.05, 3.63) is 46.0 Å². The first kappa shape index (κ1) is 18.4. The second-order valence-corrected chi connectivity index (χ2v) is 7.79. The maximum atomic E-state index is 12.2. The zero-order valence-corrected chi connectivity index (χ0v) is 15.4. The Labute approximate surface area is 152 Å². The van der Waals surface area contributed by atoms with Gasteiger partial charge in [0.15, 0.2) is 0 Å². The summed E-state index contributed by atoms with van der Waals surface area (Å²) in [4.78, 5) is 24.3. The molecule has 1 aromatic carbocycles. The van der Waals surface area contributed by atoms with E-state index in [1.54, 1.807) is 17.0 Å². The van der Waals surface area contributed by atoms with Crippen LogP contribution in [0.5, 0.6) is 0 Å². The number of carbonyl (C=O) groups excluding carboxylic acids is 1. The highest BCUT2D eigenvalue weighted by Gasteiger charge is 2.39. The molecule has 1 saturated heterocycles. The molecule has 2 aliphatic rings. The third kappa shape index (κ3) is 4.04. The zero-order chi connectivity index (χ0) is 18.9. The first-order valence-corrected chi connectivity index (χ1v) is 8.76. The number of hydrogen-bond acceptors (Lipinski definition) is 5. The number of amides is 1. The van der Waals surface area contributed by atoms with E-state index < -0.39 is 10.5 Å². The van der Waals surface area contributed by atoms with Crippen LogP contribution in [0.15, 0.2) is 30.3 Å². The number of non-ortho nitro benzene ring substituents is 1. The Morgan fingerprint density at radius 3 is 2.38 bits per heavy atom. The van der Waals surface area contributed by atoms with Crippen LogP contribution in [-0.4, -0.2) is 46.8 Å². The average Bonchev–Trinajstić information content (AvgIpc) is 2.98. The van der Waals surface area contributed by atoms with Crippen molar-refractivity contribution in [3.8, 4) is 0 Å². The minimum atomic E-state index is -0.501. The van der Waals surface area contributed by atoms with Gasteiger partial charge in [0.2, 0.25) is 0 Å². The number of benzene rings is 1. The van der Waals surface area contributed by atoms with Crippen molar-refractivity contribution >= 4 is 17.4 Å². The van der Waals surface area contributed by atoms with Crippen LogP contribution in [0.3, 0.4) is 0 Å². The highest BCUT2D eigenvalue weighted by atomic mass is 16.6. The predicted molar refractivity (Wildman–Crippen MR) is 96.8 cm³/mol. The van der Waals surface area contributed by atoms with Crippen molar-refractivity contribution < 1.29 is 19.2 Å². The summed E-state index contributed by atoms with van der Waals surface area (Å²) >= 11 is 0. The third-order valence-electron chi connectivity index (χ3n) is 4.66. The molecule has 140 valence electrons. The number of likely N-dealkylation sites (tertiary alicyclic amines) is 1. The molecule has 0 unspecified atom stereocenters. The van der Waals surface area contributed by atoms with E-state index in [2.05, 4.69) is 6.08 Å². The van der Waals surface area contributed by atoms with Crippen LogP contribution in [-0.2, 0) is 9.47 Å². The van der Waals surface area contributed by atoms with Crippen molar-refractivity contribution in [3.63, 3.8) is 0 Å². The molecule has 0 atom stereocenters. The van der Waals surface area contributed by atoms with E-state index >= 15 is 0 Å². The molecule has 0 N–H and O–H groups in total. The SMILES string of the molecule is CC(C)(C)OC(=O)N1CCC2(C=C(c3ccc([N+](=O)[O-])cc3)CO2)CC1. The first-order chi connectivity index (χ1) is 12.2. The fourth-order valence-corrected chi connectivity index (χ4v) is 3.27. The lowest BCUT2D eigenvalue weighted by Gasteiger charge is -2.38. The molecule has 0 saturated carbocycles. The Balaban J connectivity index is 1.64. The average molecular weight is 360 g/mol. The van der Waals surface area contributed by atoms with Crippen molar-refractivity contribution in [1.29, 1.82) is 0 Å². The van der Waals surface area contributed by atoms with E-state index in [1.165, 1.54) is 12.1 Å². The number of ether oxygens (including phenoxy) is 2. The second kappa shape index (κ2) is 6.72. The minimum absolute atomic E-state index is 0.0775. The molecule has 1 aromatic rings. The van der Waals surface area contributed by atoms with Crippen LogP contribution < -0.4 is 0 Å². The minimum Gasteiger partial charge on any atom is -0.444 e. The first-order valence-electron chi connectivity index (χ1n) is 8.76. The van der Waals surface area contributed by atoms with Gasteiger partial charge in [0.25, 0.3) is 5.69 Å². The molecule has 0 aromatic heterocycles. The molecule has 26 heavy (non-hydrogen) atoms. The van der Waals surface area contributed by atoms with Crippen LogP contribution in [0, 0.1) is 10.1 Å². The van der Waals surface area contributed by atoms with Crippen molar-refractivity contribution in [1.82, 2.24) is 4.90 Å². The third-order valence-corrected chi connectivity index (χ3v) is 4.66. The number of rotatable bonds is 2. The normalized spacial score (nSPS) is 19.3.